The normalized spacial score (nSPS) is 13.0. The minimum absolute atomic E-state index is 0.0506. The van der Waals surface area contributed by atoms with Crippen LogP contribution in [0.1, 0.15) is 40.0 Å². The van der Waals surface area contributed by atoms with Crippen molar-refractivity contribution in [2.75, 3.05) is 6.61 Å². The van der Waals surface area contributed by atoms with Crippen molar-refractivity contribution in [3.63, 3.8) is 0 Å². The van der Waals surface area contributed by atoms with Crippen LogP contribution in [0.2, 0.25) is 0 Å². The van der Waals surface area contributed by atoms with Crippen LogP contribution in [0, 0.1) is 5.92 Å². The van der Waals surface area contributed by atoms with E-state index >= 15 is 0 Å². The first kappa shape index (κ1) is 12.4. The lowest BCUT2D eigenvalue weighted by Crippen LogP contribution is -2.37. The zero-order chi connectivity index (χ0) is 10.3. The molecule has 0 aromatic carbocycles. The number of carbonyl (C=O) groups is 1. The van der Waals surface area contributed by atoms with Gasteiger partial charge in [-0.25, -0.2) is 0 Å². The number of amides is 1. The van der Waals surface area contributed by atoms with Gasteiger partial charge in [-0.15, -0.1) is 0 Å². The predicted octanol–water partition coefficient (Wildman–Crippen LogP) is 1.31. The van der Waals surface area contributed by atoms with Gasteiger partial charge in [-0.3, -0.25) is 4.79 Å². The molecule has 1 unspecified atom stereocenters. The molecule has 0 radical (unpaired) electrons. The fourth-order valence-corrected chi connectivity index (χ4v) is 1.26. The lowest BCUT2D eigenvalue weighted by molar-refractivity contribution is -0.122. The standard InChI is InChI=1S/C10H21NO2/c1-4-9(8(2)3)11-10(13)6-5-7-12/h8-9,12H,4-7H2,1-3H3,(H,11,13). The maximum atomic E-state index is 11.3. The molecule has 3 nitrogen and oxygen atoms in total. The molecule has 0 heterocycles. The predicted molar refractivity (Wildman–Crippen MR) is 53.4 cm³/mol. The molecule has 0 fully saturated rings. The summed E-state index contributed by atoms with van der Waals surface area (Å²) in [6.07, 6.45) is 1.95. The second kappa shape index (κ2) is 6.89. The van der Waals surface area contributed by atoms with Crippen LogP contribution in [0.5, 0.6) is 0 Å². The minimum Gasteiger partial charge on any atom is -0.396 e. The third-order valence-electron chi connectivity index (χ3n) is 2.15. The van der Waals surface area contributed by atoms with Gasteiger partial charge in [0, 0.05) is 19.1 Å². The van der Waals surface area contributed by atoms with Gasteiger partial charge in [0.25, 0.3) is 0 Å². The SMILES string of the molecule is CCC(NC(=O)CCCO)C(C)C. The van der Waals surface area contributed by atoms with Gasteiger partial charge in [0.2, 0.25) is 5.91 Å². The third-order valence-corrected chi connectivity index (χ3v) is 2.15. The van der Waals surface area contributed by atoms with Gasteiger partial charge in [0.1, 0.15) is 0 Å². The highest BCUT2D eigenvalue weighted by molar-refractivity contribution is 5.76. The van der Waals surface area contributed by atoms with Crippen molar-refractivity contribution in [2.24, 2.45) is 5.92 Å². The zero-order valence-corrected chi connectivity index (χ0v) is 8.84. The first-order valence-corrected chi connectivity index (χ1v) is 5.02. The largest absolute Gasteiger partial charge is 0.396 e. The van der Waals surface area contributed by atoms with Gasteiger partial charge in [-0.1, -0.05) is 20.8 Å². The fourth-order valence-electron chi connectivity index (χ4n) is 1.26. The maximum Gasteiger partial charge on any atom is 0.220 e. The Balaban J connectivity index is 3.73. The summed E-state index contributed by atoms with van der Waals surface area (Å²) >= 11 is 0. The Kier molecular flexibility index (Phi) is 6.59. The Morgan fingerprint density at radius 3 is 2.46 bits per heavy atom. The zero-order valence-electron chi connectivity index (χ0n) is 8.84. The van der Waals surface area contributed by atoms with Crippen LogP contribution in [0.3, 0.4) is 0 Å². The van der Waals surface area contributed by atoms with E-state index in [-0.39, 0.29) is 18.6 Å². The third kappa shape index (κ3) is 5.64. The molecule has 0 saturated heterocycles. The van der Waals surface area contributed by atoms with Gasteiger partial charge in [0.15, 0.2) is 0 Å². The van der Waals surface area contributed by atoms with Crippen molar-refractivity contribution in [1.82, 2.24) is 5.32 Å². The summed E-state index contributed by atoms with van der Waals surface area (Å²) in [5, 5.41) is 11.5. The van der Waals surface area contributed by atoms with E-state index in [1.54, 1.807) is 0 Å². The number of hydrogen-bond acceptors (Lipinski definition) is 2. The Labute approximate surface area is 80.5 Å². The lowest BCUT2D eigenvalue weighted by Gasteiger charge is -2.20. The number of aliphatic hydroxyl groups is 1. The van der Waals surface area contributed by atoms with E-state index < -0.39 is 0 Å². The summed E-state index contributed by atoms with van der Waals surface area (Å²) in [6.45, 7) is 6.35. The highest BCUT2D eigenvalue weighted by atomic mass is 16.3. The van der Waals surface area contributed by atoms with E-state index in [2.05, 4.69) is 26.1 Å². The van der Waals surface area contributed by atoms with E-state index in [0.29, 0.717) is 18.8 Å². The van der Waals surface area contributed by atoms with Gasteiger partial charge in [-0.05, 0) is 18.8 Å². The molecule has 13 heavy (non-hydrogen) atoms. The first-order valence-electron chi connectivity index (χ1n) is 5.02. The Bertz CT molecular complexity index is 146. The molecule has 0 saturated carbocycles. The molecule has 3 heteroatoms. The average Bonchev–Trinajstić information content (AvgIpc) is 2.10. The molecule has 1 atom stereocenters. The van der Waals surface area contributed by atoms with Crippen LogP contribution < -0.4 is 5.32 Å². The Morgan fingerprint density at radius 1 is 1.46 bits per heavy atom. The van der Waals surface area contributed by atoms with Crippen molar-refractivity contribution in [1.29, 1.82) is 0 Å². The molecule has 0 bridgehead atoms. The summed E-state index contributed by atoms with van der Waals surface area (Å²) in [6, 6.07) is 0.270. The van der Waals surface area contributed by atoms with E-state index in [0.717, 1.165) is 6.42 Å². The van der Waals surface area contributed by atoms with Crippen LogP contribution in [0.15, 0.2) is 0 Å². The van der Waals surface area contributed by atoms with Gasteiger partial charge in [-0.2, -0.15) is 0 Å². The second-order valence-electron chi connectivity index (χ2n) is 3.65. The number of rotatable bonds is 6. The topological polar surface area (TPSA) is 49.3 Å². The van der Waals surface area contributed by atoms with Crippen molar-refractivity contribution in [3.05, 3.63) is 0 Å². The summed E-state index contributed by atoms with van der Waals surface area (Å²) < 4.78 is 0. The Morgan fingerprint density at radius 2 is 2.08 bits per heavy atom. The van der Waals surface area contributed by atoms with E-state index in [1.807, 2.05) is 0 Å². The summed E-state index contributed by atoms with van der Waals surface area (Å²) in [5.74, 6) is 0.526. The molecule has 0 aliphatic heterocycles. The van der Waals surface area contributed by atoms with Crippen molar-refractivity contribution in [3.8, 4) is 0 Å². The molecule has 2 N–H and O–H groups in total. The van der Waals surface area contributed by atoms with E-state index in [4.69, 9.17) is 5.11 Å². The molecule has 0 aromatic rings. The van der Waals surface area contributed by atoms with Gasteiger partial charge < -0.3 is 10.4 Å². The molecule has 1 amide bonds. The van der Waals surface area contributed by atoms with Crippen LogP contribution in [0.4, 0.5) is 0 Å². The van der Waals surface area contributed by atoms with Crippen LogP contribution >= 0.6 is 0 Å². The monoisotopic (exact) mass is 187 g/mol. The van der Waals surface area contributed by atoms with E-state index in [9.17, 15) is 4.79 Å². The molecular weight excluding hydrogens is 166 g/mol. The van der Waals surface area contributed by atoms with Gasteiger partial charge in [0.05, 0.1) is 0 Å². The minimum atomic E-state index is 0.0506. The van der Waals surface area contributed by atoms with Crippen LogP contribution in [-0.2, 0) is 4.79 Å². The number of aliphatic hydroxyl groups excluding tert-OH is 1. The van der Waals surface area contributed by atoms with Crippen molar-refractivity contribution >= 4 is 5.91 Å². The van der Waals surface area contributed by atoms with Crippen molar-refractivity contribution in [2.45, 2.75) is 46.1 Å². The highest BCUT2D eigenvalue weighted by Gasteiger charge is 2.12. The van der Waals surface area contributed by atoms with Crippen LogP contribution in [-0.4, -0.2) is 23.7 Å². The molecule has 78 valence electrons. The molecule has 0 rings (SSSR count). The van der Waals surface area contributed by atoms with Crippen molar-refractivity contribution < 1.29 is 9.90 Å². The quantitative estimate of drug-likeness (QED) is 0.658. The molecule has 0 aromatic heterocycles. The van der Waals surface area contributed by atoms with E-state index in [1.165, 1.54) is 0 Å². The Hall–Kier alpha value is -0.570. The summed E-state index contributed by atoms with van der Waals surface area (Å²) in [4.78, 5) is 11.3. The second-order valence-corrected chi connectivity index (χ2v) is 3.65. The highest BCUT2D eigenvalue weighted by Crippen LogP contribution is 2.05. The number of carbonyl (C=O) groups excluding carboxylic acids is 1. The number of nitrogens with one attached hydrogen (secondary N) is 1. The lowest BCUT2D eigenvalue weighted by atomic mass is 10.0. The smallest absolute Gasteiger partial charge is 0.220 e. The molecule has 0 aliphatic carbocycles. The average molecular weight is 187 g/mol. The van der Waals surface area contributed by atoms with Gasteiger partial charge >= 0.3 is 0 Å². The fraction of sp³-hybridized carbons (Fsp3) is 0.900. The number of hydrogen-bond donors (Lipinski definition) is 2. The molecule has 0 spiro atoms. The summed E-state index contributed by atoms with van der Waals surface area (Å²) in [5.41, 5.74) is 0. The molecular formula is C10H21NO2. The first-order chi connectivity index (χ1) is 6.11. The van der Waals surface area contributed by atoms with Crippen LogP contribution in [0.25, 0.3) is 0 Å². The summed E-state index contributed by atoms with van der Waals surface area (Å²) in [7, 11) is 0. The molecule has 0 aliphatic rings. The maximum absolute atomic E-state index is 11.3.